The third-order valence-corrected chi connectivity index (χ3v) is 3.66. The monoisotopic (exact) mass is 423 g/mol. The summed E-state index contributed by atoms with van der Waals surface area (Å²) in [6.07, 6.45) is 0. The van der Waals surface area contributed by atoms with Crippen LogP contribution in [0.2, 0.25) is 0 Å². The minimum absolute atomic E-state index is 0. The molecule has 0 bridgehead atoms. The number of nitrogens with zero attached hydrogens (tertiary/aromatic N) is 3. The zero-order valence-corrected chi connectivity index (χ0v) is 15.8. The van der Waals surface area contributed by atoms with E-state index in [9.17, 15) is 0 Å². The van der Waals surface area contributed by atoms with Gasteiger partial charge in [0.25, 0.3) is 0 Å². The second kappa shape index (κ2) is 10.0. The molecule has 0 amide bonds. The Labute approximate surface area is 148 Å². The normalized spacial score (nSPS) is 16.2. The van der Waals surface area contributed by atoms with Gasteiger partial charge >= 0.3 is 0 Å². The van der Waals surface area contributed by atoms with E-state index in [0.29, 0.717) is 6.54 Å². The molecule has 126 valence electrons. The maximum absolute atomic E-state index is 5.34. The van der Waals surface area contributed by atoms with Gasteiger partial charge in [-0.3, -0.25) is 9.89 Å². The van der Waals surface area contributed by atoms with Gasteiger partial charge in [-0.1, -0.05) is 5.16 Å². The maximum Gasteiger partial charge on any atom is 0.191 e. The van der Waals surface area contributed by atoms with Crippen molar-refractivity contribution < 1.29 is 9.26 Å². The van der Waals surface area contributed by atoms with Crippen molar-refractivity contribution in [1.29, 1.82) is 0 Å². The van der Waals surface area contributed by atoms with Gasteiger partial charge in [-0.25, -0.2) is 0 Å². The van der Waals surface area contributed by atoms with Crippen molar-refractivity contribution in [3.63, 3.8) is 0 Å². The molecule has 0 aromatic carbocycles. The van der Waals surface area contributed by atoms with Crippen LogP contribution >= 0.6 is 24.0 Å². The highest BCUT2D eigenvalue weighted by atomic mass is 127. The highest BCUT2D eigenvalue weighted by Gasteiger charge is 2.11. The molecule has 0 aliphatic carbocycles. The molecule has 0 radical (unpaired) electrons. The molecule has 0 saturated carbocycles. The van der Waals surface area contributed by atoms with Gasteiger partial charge in [0.1, 0.15) is 5.76 Å². The van der Waals surface area contributed by atoms with Crippen molar-refractivity contribution in [2.75, 3.05) is 46.4 Å². The molecule has 0 spiro atoms. The summed E-state index contributed by atoms with van der Waals surface area (Å²) in [6.45, 7) is 10.1. The number of nitrogens with one attached hydrogen (secondary N) is 2. The Bertz CT molecular complexity index is 452. The molecule has 22 heavy (non-hydrogen) atoms. The van der Waals surface area contributed by atoms with E-state index in [-0.39, 0.29) is 24.0 Å². The fraction of sp³-hybridized carbons (Fsp3) is 0.714. The number of aromatic nitrogens is 1. The van der Waals surface area contributed by atoms with Gasteiger partial charge in [-0.05, 0) is 13.8 Å². The van der Waals surface area contributed by atoms with Gasteiger partial charge < -0.3 is 19.9 Å². The zero-order chi connectivity index (χ0) is 15.1. The number of aryl methyl sites for hydroxylation is 2. The maximum atomic E-state index is 5.34. The van der Waals surface area contributed by atoms with Crippen LogP contribution in [0.3, 0.4) is 0 Å². The number of hydrogen-bond donors (Lipinski definition) is 2. The van der Waals surface area contributed by atoms with Gasteiger partial charge in [0.15, 0.2) is 5.96 Å². The highest BCUT2D eigenvalue weighted by molar-refractivity contribution is 14.0. The standard InChI is InChI=1S/C14H25N5O2.HI/c1-11-13(12(2)21-18-11)10-17-14(15-3)16-4-5-19-6-8-20-9-7-19;/h4-10H2,1-3H3,(H2,15,16,17);1H. The van der Waals surface area contributed by atoms with Crippen LogP contribution in [0, 0.1) is 13.8 Å². The van der Waals surface area contributed by atoms with E-state index in [1.54, 1.807) is 7.05 Å². The number of rotatable bonds is 5. The van der Waals surface area contributed by atoms with Crippen LogP contribution in [-0.2, 0) is 11.3 Å². The van der Waals surface area contributed by atoms with Crippen molar-refractivity contribution >= 4 is 29.9 Å². The smallest absolute Gasteiger partial charge is 0.191 e. The van der Waals surface area contributed by atoms with Gasteiger partial charge in [-0.2, -0.15) is 0 Å². The average molecular weight is 423 g/mol. The third-order valence-electron chi connectivity index (χ3n) is 3.66. The number of ether oxygens (including phenoxy) is 1. The first-order chi connectivity index (χ1) is 10.2. The minimum Gasteiger partial charge on any atom is -0.379 e. The van der Waals surface area contributed by atoms with E-state index in [0.717, 1.165) is 62.4 Å². The molecule has 2 rings (SSSR count). The van der Waals surface area contributed by atoms with Crippen molar-refractivity contribution in [3.8, 4) is 0 Å². The van der Waals surface area contributed by atoms with Crippen molar-refractivity contribution in [3.05, 3.63) is 17.0 Å². The summed E-state index contributed by atoms with van der Waals surface area (Å²) in [7, 11) is 1.78. The molecule has 1 aromatic rings. The predicted octanol–water partition coefficient (Wildman–Crippen LogP) is 0.907. The molecule has 1 aliphatic rings. The van der Waals surface area contributed by atoms with E-state index in [1.165, 1.54) is 0 Å². The third kappa shape index (κ3) is 5.73. The number of hydrogen-bond acceptors (Lipinski definition) is 5. The lowest BCUT2D eigenvalue weighted by atomic mass is 10.2. The molecule has 1 saturated heterocycles. The summed E-state index contributed by atoms with van der Waals surface area (Å²) >= 11 is 0. The average Bonchev–Trinajstić information content (AvgIpc) is 2.83. The van der Waals surface area contributed by atoms with Gasteiger partial charge in [-0.15, -0.1) is 24.0 Å². The van der Waals surface area contributed by atoms with Gasteiger partial charge in [0, 0.05) is 45.3 Å². The van der Waals surface area contributed by atoms with Crippen molar-refractivity contribution in [2.24, 2.45) is 4.99 Å². The Morgan fingerprint density at radius 2 is 2.00 bits per heavy atom. The fourth-order valence-electron chi connectivity index (χ4n) is 2.30. The number of morpholine rings is 1. The number of halogens is 1. The SMILES string of the molecule is CN=C(NCCN1CCOCC1)NCc1c(C)noc1C.I. The summed E-state index contributed by atoms with van der Waals surface area (Å²) < 4.78 is 10.5. The molecule has 2 N–H and O–H groups in total. The molecule has 7 nitrogen and oxygen atoms in total. The molecule has 1 aromatic heterocycles. The van der Waals surface area contributed by atoms with Crippen LogP contribution in [0.1, 0.15) is 17.0 Å². The summed E-state index contributed by atoms with van der Waals surface area (Å²) in [6, 6.07) is 0. The van der Waals surface area contributed by atoms with Crippen molar-refractivity contribution in [1.82, 2.24) is 20.7 Å². The Kier molecular flexibility index (Phi) is 8.72. The predicted molar refractivity (Wildman–Crippen MR) is 96.9 cm³/mol. The topological polar surface area (TPSA) is 74.9 Å². The first kappa shape index (κ1) is 19.2. The molecule has 2 heterocycles. The Hall–Kier alpha value is -0.870. The van der Waals surface area contributed by atoms with Crippen LogP contribution < -0.4 is 10.6 Å². The lowest BCUT2D eigenvalue weighted by Crippen LogP contribution is -2.44. The van der Waals surface area contributed by atoms with Crippen molar-refractivity contribution in [2.45, 2.75) is 20.4 Å². The van der Waals surface area contributed by atoms with Gasteiger partial charge in [0.05, 0.1) is 18.9 Å². The van der Waals surface area contributed by atoms with E-state index in [2.05, 4.69) is 25.7 Å². The molecular formula is C14H26IN5O2. The quantitative estimate of drug-likeness (QED) is 0.417. The van der Waals surface area contributed by atoms with Gasteiger partial charge in [0.2, 0.25) is 0 Å². The van der Waals surface area contributed by atoms with E-state index in [4.69, 9.17) is 9.26 Å². The molecule has 8 heteroatoms. The fourth-order valence-corrected chi connectivity index (χ4v) is 2.30. The molecule has 0 unspecified atom stereocenters. The Morgan fingerprint density at radius 1 is 1.27 bits per heavy atom. The lowest BCUT2D eigenvalue weighted by Gasteiger charge is -2.26. The second-order valence-electron chi connectivity index (χ2n) is 5.11. The second-order valence-corrected chi connectivity index (χ2v) is 5.11. The van der Waals surface area contributed by atoms with E-state index < -0.39 is 0 Å². The summed E-state index contributed by atoms with van der Waals surface area (Å²) in [5.74, 6) is 1.65. The van der Waals surface area contributed by atoms with Crippen LogP contribution in [-0.4, -0.2) is 62.5 Å². The number of guanidine groups is 1. The van der Waals surface area contributed by atoms with Crippen LogP contribution in [0.4, 0.5) is 0 Å². The zero-order valence-electron chi connectivity index (χ0n) is 13.5. The highest BCUT2D eigenvalue weighted by Crippen LogP contribution is 2.11. The minimum atomic E-state index is 0. The van der Waals surface area contributed by atoms with Crippen LogP contribution in [0.25, 0.3) is 0 Å². The molecule has 1 fully saturated rings. The molecule has 1 aliphatic heterocycles. The Balaban J connectivity index is 0.00000242. The number of aliphatic imine (C=N–C) groups is 1. The van der Waals surface area contributed by atoms with Crippen LogP contribution in [0.5, 0.6) is 0 Å². The van der Waals surface area contributed by atoms with E-state index >= 15 is 0 Å². The Morgan fingerprint density at radius 3 is 2.59 bits per heavy atom. The summed E-state index contributed by atoms with van der Waals surface area (Å²) in [5, 5.41) is 10.6. The largest absolute Gasteiger partial charge is 0.379 e. The van der Waals surface area contributed by atoms with Crippen LogP contribution in [0.15, 0.2) is 9.52 Å². The molecular weight excluding hydrogens is 397 g/mol. The summed E-state index contributed by atoms with van der Waals surface area (Å²) in [4.78, 5) is 6.62. The first-order valence-electron chi connectivity index (χ1n) is 7.37. The van der Waals surface area contributed by atoms with E-state index in [1.807, 2.05) is 13.8 Å². The summed E-state index contributed by atoms with van der Waals surface area (Å²) in [5.41, 5.74) is 2.01. The lowest BCUT2D eigenvalue weighted by molar-refractivity contribution is 0.0389. The first-order valence-corrected chi connectivity index (χ1v) is 7.37. The molecule has 0 atom stereocenters.